The van der Waals surface area contributed by atoms with Crippen molar-refractivity contribution in [2.75, 3.05) is 19.5 Å². The molecule has 1 N–H and O–H groups in total. The van der Waals surface area contributed by atoms with Crippen LogP contribution < -0.4 is 14.8 Å². The lowest BCUT2D eigenvalue weighted by Gasteiger charge is -2.11. The highest BCUT2D eigenvalue weighted by Crippen LogP contribution is 2.31. The van der Waals surface area contributed by atoms with Gasteiger partial charge in [0.15, 0.2) is 5.13 Å². The number of nitrogens with one attached hydrogen (secondary N) is 1. The first-order valence-corrected chi connectivity index (χ1v) is 9.90. The van der Waals surface area contributed by atoms with E-state index in [4.69, 9.17) is 9.47 Å². The van der Waals surface area contributed by atoms with Crippen molar-refractivity contribution in [1.29, 1.82) is 0 Å². The molecular weight excluding hydrogens is 384 g/mol. The second-order valence-corrected chi connectivity index (χ2v) is 7.54. The van der Waals surface area contributed by atoms with Gasteiger partial charge < -0.3 is 9.47 Å². The van der Waals surface area contributed by atoms with Gasteiger partial charge in [0, 0.05) is 5.56 Å². The molecule has 4 rings (SSSR count). The summed E-state index contributed by atoms with van der Waals surface area (Å²) in [4.78, 5) is 17.4. The number of methoxy groups -OCH3 is 2. The highest BCUT2D eigenvalue weighted by atomic mass is 32.1. The first-order valence-electron chi connectivity index (χ1n) is 9.09. The number of fused-ring (bicyclic) bond motifs is 1. The standard InChI is InChI=1S/C23H20N2O3S/c1-14-18(15-7-9-16(27-2)10-8-15)5-4-6-19(14)22(26)25-23-24-20-12-11-17(28-3)13-21(20)29-23/h4-13H,1-3H3,(H,24,25,26). The molecule has 146 valence electrons. The first kappa shape index (κ1) is 19.0. The topological polar surface area (TPSA) is 60.5 Å². The summed E-state index contributed by atoms with van der Waals surface area (Å²) >= 11 is 1.42. The number of benzene rings is 3. The molecule has 0 fully saturated rings. The minimum atomic E-state index is -0.177. The second kappa shape index (κ2) is 7.93. The fraction of sp³-hybridized carbons (Fsp3) is 0.130. The number of rotatable bonds is 5. The molecule has 0 unspecified atom stereocenters. The predicted molar refractivity (Wildman–Crippen MR) is 117 cm³/mol. The van der Waals surface area contributed by atoms with Gasteiger partial charge in [0.05, 0.1) is 24.4 Å². The van der Waals surface area contributed by atoms with Crippen LogP contribution in [0.1, 0.15) is 15.9 Å². The van der Waals surface area contributed by atoms with E-state index in [1.807, 2.05) is 67.6 Å². The van der Waals surface area contributed by atoms with Gasteiger partial charge in [-0.2, -0.15) is 0 Å². The molecule has 1 heterocycles. The maximum absolute atomic E-state index is 12.9. The summed E-state index contributed by atoms with van der Waals surface area (Å²) in [5, 5.41) is 3.49. The van der Waals surface area contributed by atoms with Crippen LogP contribution in [0.3, 0.4) is 0 Å². The molecule has 0 saturated carbocycles. The summed E-state index contributed by atoms with van der Waals surface area (Å²) in [7, 11) is 3.27. The van der Waals surface area contributed by atoms with Crippen molar-refractivity contribution in [1.82, 2.24) is 4.98 Å². The average Bonchev–Trinajstić information content (AvgIpc) is 3.15. The van der Waals surface area contributed by atoms with Gasteiger partial charge in [-0.25, -0.2) is 4.98 Å². The van der Waals surface area contributed by atoms with E-state index < -0.39 is 0 Å². The van der Waals surface area contributed by atoms with E-state index in [0.29, 0.717) is 10.7 Å². The molecule has 0 spiro atoms. The lowest BCUT2D eigenvalue weighted by Crippen LogP contribution is -2.13. The van der Waals surface area contributed by atoms with Gasteiger partial charge in [-0.1, -0.05) is 35.6 Å². The molecule has 0 aliphatic rings. The van der Waals surface area contributed by atoms with E-state index in [-0.39, 0.29) is 5.91 Å². The van der Waals surface area contributed by atoms with Crippen LogP contribution >= 0.6 is 11.3 Å². The van der Waals surface area contributed by atoms with Crippen molar-refractivity contribution >= 4 is 32.6 Å². The maximum atomic E-state index is 12.9. The SMILES string of the molecule is COc1ccc(-c2cccc(C(=O)Nc3nc4ccc(OC)cc4s3)c2C)cc1. The van der Waals surface area contributed by atoms with E-state index >= 15 is 0 Å². The van der Waals surface area contributed by atoms with Gasteiger partial charge in [0.25, 0.3) is 5.91 Å². The second-order valence-electron chi connectivity index (χ2n) is 6.51. The molecule has 1 amide bonds. The van der Waals surface area contributed by atoms with Crippen LogP contribution in [0, 0.1) is 6.92 Å². The Hall–Kier alpha value is -3.38. The molecule has 0 aliphatic carbocycles. The maximum Gasteiger partial charge on any atom is 0.257 e. The Morgan fingerprint density at radius 1 is 0.966 bits per heavy atom. The summed E-state index contributed by atoms with van der Waals surface area (Å²) in [6, 6.07) is 19.2. The van der Waals surface area contributed by atoms with Crippen LogP contribution in [0.25, 0.3) is 21.3 Å². The Kier molecular flexibility index (Phi) is 5.18. The Morgan fingerprint density at radius 2 is 1.69 bits per heavy atom. The fourth-order valence-electron chi connectivity index (χ4n) is 3.21. The molecular formula is C23H20N2O3S. The minimum Gasteiger partial charge on any atom is -0.497 e. The number of anilines is 1. The smallest absolute Gasteiger partial charge is 0.257 e. The van der Waals surface area contributed by atoms with Gasteiger partial charge in [-0.05, 0) is 60.0 Å². The van der Waals surface area contributed by atoms with Crippen molar-refractivity contribution in [2.24, 2.45) is 0 Å². The van der Waals surface area contributed by atoms with E-state index in [1.165, 1.54) is 11.3 Å². The van der Waals surface area contributed by atoms with Gasteiger partial charge in [-0.3, -0.25) is 10.1 Å². The Bertz CT molecular complexity index is 1180. The van der Waals surface area contributed by atoms with Crippen LogP contribution in [0.5, 0.6) is 11.5 Å². The highest BCUT2D eigenvalue weighted by Gasteiger charge is 2.15. The molecule has 4 aromatic rings. The van der Waals surface area contributed by atoms with Gasteiger partial charge in [0.1, 0.15) is 11.5 Å². The molecule has 1 aromatic heterocycles. The molecule has 5 nitrogen and oxygen atoms in total. The average molecular weight is 404 g/mol. The zero-order valence-corrected chi connectivity index (χ0v) is 17.2. The molecule has 3 aromatic carbocycles. The Labute approximate surface area is 172 Å². The summed E-state index contributed by atoms with van der Waals surface area (Å²) in [5.41, 5.74) is 4.40. The lowest BCUT2D eigenvalue weighted by molar-refractivity contribution is 0.102. The number of carbonyl (C=O) groups is 1. The molecule has 0 radical (unpaired) electrons. The zero-order valence-electron chi connectivity index (χ0n) is 16.4. The van der Waals surface area contributed by atoms with Crippen LogP contribution in [-0.2, 0) is 0 Å². The number of aromatic nitrogens is 1. The molecule has 0 atom stereocenters. The number of nitrogens with zero attached hydrogens (tertiary/aromatic N) is 1. The monoisotopic (exact) mass is 404 g/mol. The van der Waals surface area contributed by atoms with Gasteiger partial charge in [0.2, 0.25) is 0 Å². The van der Waals surface area contributed by atoms with Gasteiger partial charge >= 0.3 is 0 Å². The number of hydrogen-bond acceptors (Lipinski definition) is 5. The zero-order chi connectivity index (χ0) is 20.4. The number of thiazole rings is 1. The summed E-state index contributed by atoms with van der Waals surface area (Å²) in [5.74, 6) is 1.39. The van der Waals surface area contributed by atoms with E-state index in [9.17, 15) is 4.79 Å². The van der Waals surface area contributed by atoms with Crippen molar-refractivity contribution < 1.29 is 14.3 Å². The summed E-state index contributed by atoms with van der Waals surface area (Å²) < 4.78 is 11.4. The van der Waals surface area contributed by atoms with Crippen molar-refractivity contribution in [2.45, 2.75) is 6.92 Å². The third-order valence-electron chi connectivity index (χ3n) is 4.80. The lowest BCUT2D eigenvalue weighted by atomic mass is 9.96. The Balaban J connectivity index is 1.61. The summed E-state index contributed by atoms with van der Waals surface area (Å²) in [6.07, 6.45) is 0. The van der Waals surface area contributed by atoms with Crippen LogP contribution in [0.4, 0.5) is 5.13 Å². The number of ether oxygens (including phenoxy) is 2. The molecule has 29 heavy (non-hydrogen) atoms. The minimum absolute atomic E-state index is 0.177. The normalized spacial score (nSPS) is 10.7. The molecule has 0 bridgehead atoms. The van der Waals surface area contributed by atoms with Gasteiger partial charge in [-0.15, -0.1) is 0 Å². The summed E-state index contributed by atoms with van der Waals surface area (Å²) in [6.45, 7) is 1.96. The molecule has 6 heteroatoms. The highest BCUT2D eigenvalue weighted by molar-refractivity contribution is 7.22. The van der Waals surface area contributed by atoms with E-state index in [1.54, 1.807) is 14.2 Å². The van der Waals surface area contributed by atoms with Crippen molar-refractivity contribution in [3.8, 4) is 22.6 Å². The molecule has 0 aliphatic heterocycles. The van der Waals surface area contributed by atoms with Crippen LogP contribution in [0.2, 0.25) is 0 Å². The van der Waals surface area contributed by atoms with Crippen molar-refractivity contribution in [3.05, 3.63) is 71.8 Å². The largest absolute Gasteiger partial charge is 0.497 e. The van der Waals surface area contributed by atoms with Crippen LogP contribution in [0.15, 0.2) is 60.7 Å². The quantitative estimate of drug-likeness (QED) is 0.474. The number of amides is 1. The first-order chi connectivity index (χ1) is 14.1. The number of carbonyl (C=O) groups excluding carboxylic acids is 1. The van der Waals surface area contributed by atoms with Crippen LogP contribution in [-0.4, -0.2) is 25.1 Å². The molecule has 0 saturated heterocycles. The van der Waals surface area contributed by atoms with E-state index in [2.05, 4.69) is 10.3 Å². The predicted octanol–water partition coefficient (Wildman–Crippen LogP) is 5.54. The van der Waals surface area contributed by atoms with E-state index in [0.717, 1.165) is 38.4 Å². The van der Waals surface area contributed by atoms with Crippen molar-refractivity contribution in [3.63, 3.8) is 0 Å². The third-order valence-corrected chi connectivity index (χ3v) is 5.73. The fourth-order valence-corrected chi connectivity index (χ4v) is 4.10. The number of hydrogen-bond donors (Lipinski definition) is 1. The Morgan fingerprint density at radius 3 is 2.41 bits per heavy atom. The third kappa shape index (κ3) is 3.79.